The second kappa shape index (κ2) is 14.0. The first kappa shape index (κ1) is 21.4. The van der Waals surface area contributed by atoms with Crippen LogP contribution in [0.4, 0.5) is 4.79 Å². The predicted octanol–water partition coefficient (Wildman–Crippen LogP) is 3.34. The summed E-state index contributed by atoms with van der Waals surface area (Å²) in [4.78, 5) is 11.5. The predicted molar refractivity (Wildman–Crippen MR) is 88.9 cm³/mol. The van der Waals surface area contributed by atoms with Crippen LogP contribution in [0.3, 0.4) is 0 Å². The molecule has 0 heterocycles. The fourth-order valence-corrected chi connectivity index (χ4v) is 4.68. The quantitative estimate of drug-likeness (QED) is 0.389. The maximum absolute atomic E-state index is 11.5. The largest absolute Gasteiger partial charge is 0.500 e. The van der Waals surface area contributed by atoms with E-state index in [9.17, 15) is 4.79 Å². The summed E-state index contributed by atoms with van der Waals surface area (Å²) in [5.74, 6) is 0. The van der Waals surface area contributed by atoms with Gasteiger partial charge in [0.15, 0.2) is 0 Å². The Morgan fingerprint density at radius 2 is 1.50 bits per heavy atom. The first-order valence-electron chi connectivity index (χ1n) is 8.46. The third kappa shape index (κ3) is 10.2. The molecule has 7 heteroatoms. The number of nitrogens with one attached hydrogen (secondary N) is 1. The van der Waals surface area contributed by atoms with Crippen molar-refractivity contribution in [2.75, 3.05) is 33.0 Å². The molecule has 1 N–H and O–H groups in total. The molecule has 1 amide bonds. The van der Waals surface area contributed by atoms with Crippen molar-refractivity contribution in [3.05, 3.63) is 0 Å². The number of hydrogen-bond acceptors (Lipinski definition) is 5. The Kier molecular flexibility index (Phi) is 13.6. The fraction of sp³-hybridized carbons (Fsp3) is 0.933. The summed E-state index contributed by atoms with van der Waals surface area (Å²) in [6, 6.07) is 0.693. The molecule has 0 aliphatic carbocycles. The molecule has 0 aliphatic rings. The van der Waals surface area contributed by atoms with E-state index in [4.69, 9.17) is 18.0 Å². The molecular weight excluding hydrogens is 302 g/mol. The number of ether oxygens (including phenoxy) is 1. The first-order chi connectivity index (χ1) is 10.6. The Morgan fingerprint density at radius 3 is 2.00 bits per heavy atom. The summed E-state index contributed by atoms with van der Waals surface area (Å²) in [6.07, 6.45) is 3.50. The fourth-order valence-electron chi connectivity index (χ4n) is 2.06. The highest BCUT2D eigenvalue weighted by atomic mass is 28.4. The van der Waals surface area contributed by atoms with Crippen LogP contribution < -0.4 is 5.32 Å². The topological polar surface area (TPSA) is 66.0 Å². The van der Waals surface area contributed by atoms with Crippen LogP contribution >= 0.6 is 0 Å². The van der Waals surface area contributed by atoms with Crippen LogP contribution in [-0.4, -0.2) is 47.9 Å². The van der Waals surface area contributed by atoms with Crippen molar-refractivity contribution in [1.29, 1.82) is 0 Å². The van der Waals surface area contributed by atoms with Crippen molar-refractivity contribution in [2.24, 2.45) is 0 Å². The highest BCUT2D eigenvalue weighted by molar-refractivity contribution is 6.60. The van der Waals surface area contributed by atoms with Gasteiger partial charge in [-0.2, -0.15) is 0 Å². The van der Waals surface area contributed by atoms with Crippen molar-refractivity contribution in [3.8, 4) is 0 Å². The van der Waals surface area contributed by atoms with Crippen molar-refractivity contribution in [2.45, 2.75) is 59.4 Å². The molecule has 0 aromatic heterocycles. The van der Waals surface area contributed by atoms with E-state index in [0.29, 0.717) is 39.0 Å². The summed E-state index contributed by atoms with van der Waals surface area (Å²) < 4.78 is 22.4. The first-order valence-corrected chi connectivity index (χ1v) is 10.4. The van der Waals surface area contributed by atoms with Gasteiger partial charge < -0.3 is 23.3 Å². The lowest BCUT2D eigenvalue weighted by atomic mass is 10.3. The van der Waals surface area contributed by atoms with Crippen LogP contribution in [0.5, 0.6) is 0 Å². The molecule has 0 aromatic rings. The smallest absolute Gasteiger partial charge is 0.450 e. The van der Waals surface area contributed by atoms with Crippen LogP contribution in [0.15, 0.2) is 0 Å². The van der Waals surface area contributed by atoms with E-state index >= 15 is 0 Å². The van der Waals surface area contributed by atoms with Gasteiger partial charge in [0.1, 0.15) is 0 Å². The number of rotatable bonds is 14. The second-order valence-electron chi connectivity index (χ2n) is 4.86. The molecule has 0 unspecified atom stereocenters. The van der Waals surface area contributed by atoms with Crippen molar-refractivity contribution in [3.63, 3.8) is 0 Å². The third-order valence-corrected chi connectivity index (χ3v) is 6.15. The lowest BCUT2D eigenvalue weighted by Gasteiger charge is -2.28. The van der Waals surface area contributed by atoms with E-state index in [-0.39, 0.29) is 6.09 Å². The number of hydrogen-bond donors (Lipinski definition) is 1. The summed E-state index contributed by atoms with van der Waals surface area (Å²) in [5, 5.41) is 2.75. The normalized spacial score (nSPS) is 11.5. The molecule has 0 saturated carbocycles. The van der Waals surface area contributed by atoms with Gasteiger partial charge in [0.2, 0.25) is 0 Å². The van der Waals surface area contributed by atoms with Crippen LogP contribution in [0.25, 0.3) is 0 Å². The van der Waals surface area contributed by atoms with Crippen LogP contribution in [0.2, 0.25) is 6.04 Å². The van der Waals surface area contributed by atoms with E-state index in [1.807, 2.05) is 20.8 Å². The van der Waals surface area contributed by atoms with Crippen molar-refractivity contribution < 1.29 is 22.8 Å². The van der Waals surface area contributed by atoms with E-state index in [0.717, 1.165) is 25.7 Å². The molecule has 0 saturated heterocycles. The molecule has 0 rings (SSSR count). The van der Waals surface area contributed by atoms with E-state index in [1.165, 1.54) is 0 Å². The summed E-state index contributed by atoms with van der Waals surface area (Å²) in [7, 11) is -2.60. The lowest BCUT2D eigenvalue weighted by Crippen LogP contribution is -2.46. The van der Waals surface area contributed by atoms with Gasteiger partial charge in [-0.3, -0.25) is 0 Å². The Hall–Kier alpha value is -0.633. The molecule has 0 aromatic carbocycles. The molecule has 0 radical (unpaired) electrons. The number of carbonyl (C=O) groups excluding carboxylic acids is 1. The standard InChI is InChI=1S/C15H33NO5Si/c1-5-9-10-13-18-15(17)16-12-11-14-22(19-6-2,20-7-3)21-8-4/h5-14H2,1-4H3,(H,16,17). The van der Waals surface area contributed by atoms with Gasteiger partial charge >= 0.3 is 14.9 Å². The number of unbranched alkanes of at least 4 members (excludes halogenated alkanes) is 2. The number of alkyl carbamates (subject to hydrolysis) is 1. The van der Waals surface area contributed by atoms with Crippen molar-refractivity contribution in [1.82, 2.24) is 5.32 Å². The zero-order chi connectivity index (χ0) is 16.7. The molecule has 22 heavy (non-hydrogen) atoms. The van der Waals surface area contributed by atoms with Crippen molar-refractivity contribution >= 4 is 14.9 Å². The molecule has 0 spiro atoms. The Labute approximate surface area is 136 Å². The minimum absolute atomic E-state index is 0.354. The average molecular weight is 336 g/mol. The van der Waals surface area contributed by atoms with E-state index < -0.39 is 8.80 Å². The highest BCUT2D eigenvalue weighted by Gasteiger charge is 2.39. The average Bonchev–Trinajstić information content (AvgIpc) is 2.49. The molecule has 0 fully saturated rings. The Balaban J connectivity index is 3.98. The number of amides is 1. The van der Waals surface area contributed by atoms with Gasteiger partial charge in [0.05, 0.1) is 6.61 Å². The second-order valence-corrected chi connectivity index (χ2v) is 7.59. The molecular formula is C15H33NO5Si. The van der Waals surface area contributed by atoms with E-state index in [1.54, 1.807) is 0 Å². The zero-order valence-corrected chi connectivity index (χ0v) is 15.6. The van der Waals surface area contributed by atoms with Crippen LogP contribution in [-0.2, 0) is 18.0 Å². The van der Waals surface area contributed by atoms with Gasteiger partial charge in [-0.15, -0.1) is 0 Å². The molecule has 6 nitrogen and oxygen atoms in total. The van der Waals surface area contributed by atoms with Crippen LogP contribution in [0, 0.1) is 0 Å². The molecule has 0 aliphatic heterocycles. The summed E-state index contributed by atoms with van der Waals surface area (Å²) in [6.45, 7) is 10.6. The van der Waals surface area contributed by atoms with Gasteiger partial charge in [-0.1, -0.05) is 19.8 Å². The van der Waals surface area contributed by atoms with Gasteiger partial charge in [-0.25, -0.2) is 4.79 Å². The Bertz CT molecular complexity index is 262. The minimum atomic E-state index is -2.60. The van der Waals surface area contributed by atoms with Gasteiger partial charge in [0, 0.05) is 32.4 Å². The molecule has 0 bridgehead atoms. The van der Waals surface area contributed by atoms with Crippen LogP contribution in [0.1, 0.15) is 53.4 Å². The number of carbonyl (C=O) groups is 1. The summed E-state index contributed by atoms with van der Waals surface area (Å²) >= 11 is 0. The summed E-state index contributed by atoms with van der Waals surface area (Å²) in [5.41, 5.74) is 0. The Morgan fingerprint density at radius 1 is 0.909 bits per heavy atom. The van der Waals surface area contributed by atoms with Gasteiger partial charge in [0.25, 0.3) is 0 Å². The minimum Gasteiger partial charge on any atom is -0.450 e. The molecule has 132 valence electrons. The maximum Gasteiger partial charge on any atom is 0.500 e. The lowest BCUT2D eigenvalue weighted by molar-refractivity contribution is 0.0706. The van der Waals surface area contributed by atoms with Gasteiger partial charge in [-0.05, 0) is 33.6 Å². The maximum atomic E-state index is 11.5. The zero-order valence-electron chi connectivity index (χ0n) is 14.6. The monoisotopic (exact) mass is 335 g/mol. The SMILES string of the molecule is CCCCCOC(=O)NCCC[Si](OCC)(OCC)OCC. The van der Waals surface area contributed by atoms with E-state index in [2.05, 4.69) is 12.2 Å². The molecule has 0 atom stereocenters. The third-order valence-electron chi connectivity index (χ3n) is 3.00. The highest BCUT2D eigenvalue weighted by Crippen LogP contribution is 2.17.